The Kier molecular flexibility index (Phi) is 10.0. The highest BCUT2D eigenvalue weighted by Gasteiger charge is 2.41. The molecule has 0 radical (unpaired) electrons. The Balaban J connectivity index is 1.23. The van der Waals surface area contributed by atoms with Crippen molar-refractivity contribution in [3.8, 4) is 0 Å². The van der Waals surface area contributed by atoms with E-state index in [0.717, 1.165) is 49.0 Å². The molecule has 1 saturated heterocycles. The molecule has 3 aromatic rings. The van der Waals surface area contributed by atoms with Crippen LogP contribution in [0.5, 0.6) is 0 Å². The highest BCUT2D eigenvalue weighted by molar-refractivity contribution is 7.13. The summed E-state index contributed by atoms with van der Waals surface area (Å²) in [5, 5.41) is 1.67. The number of nitrogens with zero attached hydrogens (tertiary/aromatic N) is 5. The number of ether oxygens (including phenoxy) is 3. The smallest absolute Gasteiger partial charge is 0.462 e. The standard InChI is InChI=1S/C30H36ClN5O6S/c1-4-33(3)19-41-30(39)42-28(29(38)40-5-2)36-24-18-23(31)20(16-21(24)17-26(36)37)10-11-34-12-14-35(15-13-34)27-22-8-6-7-9-25(22)43-32-27/h6-9,16,18,28H,4-5,10-15,17,19H2,1-3H3. The molecule has 0 N–H and O–H groups in total. The lowest BCUT2D eigenvalue weighted by atomic mass is 10.1. The number of amides is 1. The number of benzene rings is 2. The van der Waals surface area contributed by atoms with E-state index in [2.05, 4.69) is 28.0 Å². The fourth-order valence-corrected chi connectivity index (χ4v) is 6.27. The van der Waals surface area contributed by atoms with Crippen molar-refractivity contribution < 1.29 is 28.6 Å². The average Bonchev–Trinajstić information content (AvgIpc) is 3.58. The number of piperazine rings is 1. The minimum atomic E-state index is -1.62. The molecule has 43 heavy (non-hydrogen) atoms. The van der Waals surface area contributed by atoms with Crippen molar-refractivity contribution in [3.05, 3.63) is 52.5 Å². The lowest BCUT2D eigenvalue weighted by molar-refractivity contribution is -0.156. The number of rotatable bonds is 11. The van der Waals surface area contributed by atoms with Gasteiger partial charge in [0, 0.05) is 43.1 Å². The number of anilines is 2. The molecule has 1 fully saturated rings. The Labute approximate surface area is 260 Å². The molecule has 2 aromatic carbocycles. The van der Waals surface area contributed by atoms with Crippen LogP contribution in [0.3, 0.4) is 0 Å². The van der Waals surface area contributed by atoms with Crippen LogP contribution in [0.15, 0.2) is 36.4 Å². The van der Waals surface area contributed by atoms with Gasteiger partial charge in [0.25, 0.3) is 6.23 Å². The summed E-state index contributed by atoms with van der Waals surface area (Å²) >= 11 is 8.24. The van der Waals surface area contributed by atoms with Crippen molar-refractivity contribution in [2.45, 2.75) is 32.9 Å². The van der Waals surface area contributed by atoms with Gasteiger partial charge in [0.05, 0.1) is 23.4 Å². The van der Waals surface area contributed by atoms with Gasteiger partial charge in [0.1, 0.15) is 12.5 Å². The SMILES string of the molecule is CCOC(=O)C(OC(=O)OCN(C)CC)N1C(=O)Cc2cc(CCN3CCN(c4nsc5ccccc45)CC3)c(Cl)cc21. The van der Waals surface area contributed by atoms with Gasteiger partial charge in [-0.3, -0.25) is 19.5 Å². The maximum Gasteiger partial charge on any atom is 0.512 e. The van der Waals surface area contributed by atoms with Crippen molar-refractivity contribution in [1.82, 2.24) is 14.2 Å². The van der Waals surface area contributed by atoms with Gasteiger partial charge >= 0.3 is 12.1 Å². The number of fused-ring (bicyclic) bond motifs is 2. The fourth-order valence-electron chi connectivity index (χ4n) is 5.22. The summed E-state index contributed by atoms with van der Waals surface area (Å²) in [6, 6.07) is 11.9. The number of halogens is 1. The second kappa shape index (κ2) is 13.9. The van der Waals surface area contributed by atoms with Crippen LogP contribution in [0.4, 0.5) is 16.3 Å². The highest BCUT2D eigenvalue weighted by Crippen LogP contribution is 2.36. The van der Waals surface area contributed by atoms with Gasteiger partial charge in [-0.1, -0.05) is 36.7 Å². The molecule has 11 nitrogen and oxygen atoms in total. The zero-order chi connectivity index (χ0) is 30.5. The van der Waals surface area contributed by atoms with Gasteiger partial charge in [-0.2, -0.15) is 4.37 Å². The first kappa shape index (κ1) is 31.0. The normalized spacial score (nSPS) is 16.1. The molecule has 2 aliphatic rings. The average molecular weight is 630 g/mol. The van der Waals surface area contributed by atoms with E-state index in [4.69, 9.17) is 30.2 Å². The monoisotopic (exact) mass is 629 g/mol. The summed E-state index contributed by atoms with van der Waals surface area (Å²) in [4.78, 5) is 46.0. The van der Waals surface area contributed by atoms with Crippen molar-refractivity contribution >= 4 is 62.8 Å². The van der Waals surface area contributed by atoms with E-state index in [1.165, 1.54) is 21.6 Å². The van der Waals surface area contributed by atoms with Crippen LogP contribution >= 0.6 is 23.1 Å². The third-order valence-electron chi connectivity index (χ3n) is 7.72. The lowest BCUT2D eigenvalue weighted by Gasteiger charge is -2.35. The van der Waals surface area contributed by atoms with Crippen LogP contribution in [-0.2, 0) is 36.6 Å². The topological polar surface area (TPSA) is 105 Å². The van der Waals surface area contributed by atoms with E-state index in [-0.39, 0.29) is 19.8 Å². The first-order valence-corrected chi connectivity index (χ1v) is 15.6. The van der Waals surface area contributed by atoms with Gasteiger partial charge in [-0.15, -0.1) is 0 Å². The Morgan fingerprint density at radius 1 is 1.12 bits per heavy atom. The van der Waals surface area contributed by atoms with Crippen LogP contribution < -0.4 is 9.80 Å². The molecule has 1 unspecified atom stereocenters. The molecule has 230 valence electrons. The summed E-state index contributed by atoms with van der Waals surface area (Å²) in [7, 11) is 1.76. The second-order valence-electron chi connectivity index (χ2n) is 10.5. The number of carbonyl (C=O) groups excluding carboxylic acids is 3. The number of carbonyl (C=O) groups is 3. The predicted molar refractivity (Wildman–Crippen MR) is 166 cm³/mol. The van der Waals surface area contributed by atoms with Crippen molar-refractivity contribution in [2.75, 3.05) is 69.5 Å². The van der Waals surface area contributed by atoms with E-state index in [9.17, 15) is 14.4 Å². The van der Waals surface area contributed by atoms with Crippen molar-refractivity contribution in [1.29, 1.82) is 0 Å². The Hall–Kier alpha value is -3.45. The Morgan fingerprint density at radius 3 is 2.63 bits per heavy atom. The molecule has 13 heteroatoms. The van der Waals surface area contributed by atoms with Gasteiger partial charge in [-0.05, 0) is 67.8 Å². The zero-order valence-corrected chi connectivity index (χ0v) is 26.2. The minimum absolute atomic E-state index is 0.0264. The molecule has 0 bridgehead atoms. The molecule has 2 aliphatic heterocycles. The Morgan fingerprint density at radius 2 is 1.88 bits per heavy atom. The van der Waals surface area contributed by atoms with Gasteiger partial charge in [0.15, 0.2) is 0 Å². The summed E-state index contributed by atoms with van der Waals surface area (Å²) in [5.74, 6) is -0.206. The summed E-state index contributed by atoms with van der Waals surface area (Å²) < 4.78 is 21.4. The first-order valence-electron chi connectivity index (χ1n) is 14.4. The van der Waals surface area contributed by atoms with Crippen molar-refractivity contribution in [3.63, 3.8) is 0 Å². The zero-order valence-electron chi connectivity index (χ0n) is 24.6. The molecule has 0 saturated carbocycles. The van der Waals surface area contributed by atoms with E-state index in [1.54, 1.807) is 24.9 Å². The molecular weight excluding hydrogens is 594 g/mol. The quantitative estimate of drug-likeness (QED) is 0.227. The number of hydrogen-bond acceptors (Lipinski definition) is 11. The first-order chi connectivity index (χ1) is 20.8. The largest absolute Gasteiger partial charge is 0.512 e. The van der Waals surface area contributed by atoms with Crippen LogP contribution in [0.25, 0.3) is 10.1 Å². The van der Waals surface area contributed by atoms with E-state index >= 15 is 0 Å². The molecule has 0 spiro atoms. The summed E-state index contributed by atoms with van der Waals surface area (Å²) in [5.41, 5.74) is 2.04. The Bertz CT molecular complexity index is 1480. The van der Waals surface area contributed by atoms with Crippen LogP contribution in [0.2, 0.25) is 5.02 Å². The predicted octanol–water partition coefficient (Wildman–Crippen LogP) is 4.16. The number of aromatic nitrogens is 1. The van der Waals surface area contributed by atoms with Crippen LogP contribution in [-0.4, -0.2) is 98.1 Å². The molecular formula is C30H36ClN5O6S. The fraction of sp³-hybridized carbons (Fsp3) is 0.467. The molecule has 1 atom stereocenters. The molecule has 5 rings (SSSR count). The number of hydrogen-bond donors (Lipinski definition) is 0. The summed E-state index contributed by atoms with van der Waals surface area (Å²) in [6.07, 6.45) is -1.95. The van der Waals surface area contributed by atoms with Gasteiger partial charge in [0.2, 0.25) is 5.91 Å². The van der Waals surface area contributed by atoms with E-state index in [0.29, 0.717) is 29.2 Å². The minimum Gasteiger partial charge on any atom is -0.462 e. The van der Waals surface area contributed by atoms with Crippen molar-refractivity contribution in [2.24, 2.45) is 0 Å². The molecule has 0 aliphatic carbocycles. The third-order valence-corrected chi connectivity index (χ3v) is 8.89. The summed E-state index contributed by atoms with van der Waals surface area (Å²) in [6.45, 7) is 8.61. The highest BCUT2D eigenvalue weighted by atomic mass is 35.5. The second-order valence-corrected chi connectivity index (χ2v) is 11.7. The number of esters is 1. The van der Waals surface area contributed by atoms with Crippen LogP contribution in [0.1, 0.15) is 25.0 Å². The van der Waals surface area contributed by atoms with E-state index in [1.807, 2.05) is 19.1 Å². The molecule has 3 heterocycles. The lowest BCUT2D eigenvalue weighted by Crippen LogP contribution is -2.47. The van der Waals surface area contributed by atoms with Crippen LogP contribution in [0, 0.1) is 0 Å². The maximum atomic E-state index is 13.1. The maximum absolute atomic E-state index is 13.1. The third kappa shape index (κ3) is 7.04. The molecule has 1 amide bonds. The van der Waals surface area contributed by atoms with Gasteiger partial charge < -0.3 is 19.1 Å². The van der Waals surface area contributed by atoms with Gasteiger partial charge in [-0.25, -0.2) is 9.59 Å². The molecule has 1 aromatic heterocycles. The van der Waals surface area contributed by atoms with E-state index < -0.39 is 24.3 Å².